The van der Waals surface area contributed by atoms with Gasteiger partial charge in [-0.1, -0.05) is 29.5 Å². The maximum absolute atomic E-state index is 8.62. The van der Waals surface area contributed by atoms with E-state index in [9.17, 15) is 0 Å². The number of aromatic nitrogens is 1. The van der Waals surface area contributed by atoms with E-state index in [0.717, 1.165) is 16.5 Å². The van der Waals surface area contributed by atoms with Crippen molar-refractivity contribution in [1.29, 1.82) is 0 Å². The zero-order valence-corrected chi connectivity index (χ0v) is 9.33. The Morgan fingerprint density at radius 1 is 1.31 bits per heavy atom. The minimum absolute atomic E-state index is 0.0880. The number of aliphatic hydroxyl groups is 1. The fourth-order valence-corrected chi connectivity index (χ4v) is 1.63. The standard InChI is InChI=1S/C13H10ClNO/c14-12-6-7-15-13-9-10(3-1-2-8-16)4-5-11(12)13/h4-7,9,16H,2,8H2. The molecule has 0 aliphatic rings. The van der Waals surface area contributed by atoms with Crippen molar-refractivity contribution in [2.45, 2.75) is 6.42 Å². The molecule has 0 unspecified atom stereocenters. The van der Waals surface area contributed by atoms with Gasteiger partial charge in [0.15, 0.2) is 0 Å². The quantitative estimate of drug-likeness (QED) is 0.766. The van der Waals surface area contributed by atoms with E-state index in [-0.39, 0.29) is 6.61 Å². The van der Waals surface area contributed by atoms with Crippen LogP contribution in [0.25, 0.3) is 10.9 Å². The molecule has 0 atom stereocenters. The summed E-state index contributed by atoms with van der Waals surface area (Å²) in [5.41, 5.74) is 1.72. The van der Waals surface area contributed by atoms with Gasteiger partial charge in [-0.05, 0) is 18.2 Å². The summed E-state index contributed by atoms with van der Waals surface area (Å²) in [4.78, 5) is 4.23. The van der Waals surface area contributed by atoms with Gasteiger partial charge in [0.05, 0.1) is 17.1 Å². The number of nitrogens with zero attached hydrogens (tertiary/aromatic N) is 1. The van der Waals surface area contributed by atoms with Crippen LogP contribution in [0.2, 0.25) is 5.02 Å². The molecule has 2 rings (SSSR count). The minimum Gasteiger partial charge on any atom is -0.395 e. The van der Waals surface area contributed by atoms with Crippen molar-refractivity contribution < 1.29 is 5.11 Å². The van der Waals surface area contributed by atoms with E-state index in [1.54, 1.807) is 12.3 Å². The van der Waals surface area contributed by atoms with E-state index >= 15 is 0 Å². The first-order valence-corrected chi connectivity index (χ1v) is 5.33. The van der Waals surface area contributed by atoms with Gasteiger partial charge in [0.1, 0.15) is 0 Å². The third kappa shape index (κ3) is 2.33. The van der Waals surface area contributed by atoms with E-state index in [2.05, 4.69) is 16.8 Å². The van der Waals surface area contributed by atoms with Crippen LogP contribution < -0.4 is 0 Å². The van der Waals surface area contributed by atoms with Gasteiger partial charge in [-0.25, -0.2) is 0 Å². The number of halogens is 1. The van der Waals surface area contributed by atoms with Gasteiger partial charge in [0.2, 0.25) is 0 Å². The summed E-state index contributed by atoms with van der Waals surface area (Å²) >= 11 is 6.03. The van der Waals surface area contributed by atoms with Crippen LogP contribution >= 0.6 is 11.6 Å². The lowest BCUT2D eigenvalue weighted by Gasteiger charge is -1.99. The summed E-state index contributed by atoms with van der Waals surface area (Å²) in [6.45, 7) is 0.0880. The van der Waals surface area contributed by atoms with Gasteiger partial charge in [-0.2, -0.15) is 0 Å². The Hall–Kier alpha value is -1.56. The first-order chi connectivity index (χ1) is 7.81. The Morgan fingerprint density at radius 3 is 3.00 bits per heavy atom. The SMILES string of the molecule is OCCC#Cc1ccc2c(Cl)ccnc2c1. The number of benzene rings is 1. The van der Waals surface area contributed by atoms with Crippen molar-refractivity contribution in [2.75, 3.05) is 6.61 Å². The molecule has 0 saturated heterocycles. The Kier molecular flexibility index (Phi) is 3.40. The maximum Gasteiger partial charge on any atom is 0.0729 e. The van der Waals surface area contributed by atoms with Crippen LogP contribution in [-0.2, 0) is 0 Å². The van der Waals surface area contributed by atoms with Crippen LogP contribution in [0.4, 0.5) is 0 Å². The van der Waals surface area contributed by atoms with E-state index in [0.29, 0.717) is 11.4 Å². The van der Waals surface area contributed by atoms with E-state index in [1.807, 2.05) is 18.2 Å². The second-order valence-electron chi connectivity index (χ2n) is 3.30. The third-order valence-electron chi connectivity index (χ3n) is 2.16. The number of hydrogen-bond donors (Lipinski definition) is 1. The Bertz CT molecular complexity index is 569. The summed E-state index contributed by atoms with van der Waals surface area (Å²) in [7, 11) is 0. The predicted octanol–water partition coefficient (Wildman–Crippen LogP) is 2.62. The molecule has 2 nitrogen and oxygen atoms in total. The van der Waals surface area contributed by atoms with Crippen molar-refractivity contribution in [3.05, 3.63) is 41.0 Å². The Morgan fingerprint density at radius 2 is 2.19 bits per heavy atom. The maximum atomic E-state index is 8.62. The molecule has 0 spiro atoms. The highest BCUT2D eigenvalue weighted by molar-refractivity contribution is 6.35. The van der Waals surface area contributed by atoms with Crippen molar-refractivity contribution in [1.82, 2.24) is 4.98 Å². The molecule has 0 saturated carbocycles. The molecular formula is C13H10ClNO. The highest BCUT2D eigenvalue weighted by atomic mass is 35.5. The summed E-state index contributed by atoms with van der Waals surface area (Å²) < 4.78 is 0. The molecule has 1 aromatic carbocycles. The normalized spacial score (nSPS) is 9.88. The molecule has 0 amide bonds. The molecule has 1 aromatic heterocycles. The lowest BCUT2D eigenvalue weighted by molar-refractivity contribution is 0.305. The average Bonchev–Trinajstić information content (AvgIpc) is 2.30. The lowest BCUT2D eigenvalue weighted by atomic mass is 10.1. The van der Waals surface area contributed by atoms with Crippen LogP contribution in [-0.4, -0.2) is 16.7 Å². The Balaban J connectivity index is 2.42. The van der Waals surface area contributed by atoms with Gasteiger partial charge in [-0.3, -0.25) is 4.98 Å². The fraction of sp³-hybridized carbons (Fsp3) is 0.154. The topological polar surface area (TPSA) is 33.1 Å². The smallest absolute Gasteiger partial charge is 0.0729 e. The van der Waals surface area contributed by atoms with E-state index in [1.165, 1.54) is 0 Å². The molecule has 2 aromatic rings. The van der Waals surface area contributed by atoms with Crippen molar-refractivity contribution >= 4 is 22.5 Å². The largest absolute Gasteiger partial charge is 0.395 e. The van der Waals surface area contributed by atoms with Gasteiger partial charge < -0.3 is 5.11 Å². The predicted molar refractivity (Wildman–Crippen MR) is 65.3 cm³/mol. The fourth-order valence-electron chi connectivity index (χ4n) is 1.41. The zero-order chi connectivity index (χ0) is 11.4. The first kappa shape index (κ1) is 10.9. The molecule has 16 heavy (non-hydrogen) atoms. The number of pyridine rings is 1. The van der Waals surface area contributed by atoms with Crippen LogP contribution in [0.15, 0.2) is 30.5 Å². The highest BCUT2D eigenvalue weighted by Crippen LogP contribution is 2.21. The lowest BCUT2D eigenvalue weighted by Crippen LogP contribution is -1.82. The van der Waals surface area contributed by atoms with Gasteiger partial charge in [-0.15, -0.1) is 0 Å². The number of fused-ring (bicyclic) bond motifs is 1. The van der Waals surface area contributed by atoms with Gasteiger partial charge in [0.25, 0.3) is 0 Å². The molecule has 0 bridgehead atoms. The molecule has 1 heterocycles. The summed E-state index contributed by atoms with van der Waals surface area (Å²) in [5.74, 6) is 5.83. The number of rotatable bonds is 1. The van der Waals surface area contributed by atoms with Gasteiger partial charge >= 0.3 is 0 Å². The molecular weight excluding hydrogens is 222 g/mol. The average molecular weight is 232 g/mol. The molecule has 3 heteroatoms. The Labute approximate surface area is 98.9 Å². The molecule has 0 radical (unpaired) electrons. The molecule has 1 N–H and O–H groups in total. The second kappa shape index (κ2) is 4.98. The van der Waals surface area contributed by atoms with Crippen molar-refractivity contribution in [3.63, 3.8) is 0 Å². The molecule has 0 aliphatic carbocycles. The molecule has 0 aliphatic heterocycles. The third-order valence-corrected chi connectivity index (χ3v) is 2.49. The first-order valence-electron chi connectivity index (χ1n) is 4.95. The van der Waals surface area contributed by atoms with E-state index in [4.69, 9.17) is 16.7 Å². The van der Waals surface area contributed by atoms with Gasteiger partial charge in [0, 0.05) is 23.6 Å². The summed E-state index contributed by atoms with van der Waals surface area (Å²) in [5, 5.41) is 10.2. The molecule has 80 valence electrons. The summed E-state index contributed by atoms with van der Waals surface area (Å²) in [6, 6.07) is 7.47. The van der Waals surface area contributed by atoms with Crippen molar-refractivity contribution in [2.24, 2.45) is 0 Å². The van der Waals surface area contributed by atoms with Crippen LogP contribution in [0.3, 0.4) is 0 Å². The van der Waals surface area contributed by atoms with Crippen LogP contribution in [0.1, 0.15) is 12.0 Å². The van der Waals surface area contributed by atoms with E-state index < -0.39 is 0 Å². The second-order valence-corrected chi connectivity index (χ2v) is 3.71. The minimum atomic E-state index is 0.0880. The number of hydrogen-bond acceptors (Lipinski definition) is 2. The molecule has 0 fully saturated rings. The zero-order valence-electron chi connectivity index (χ0n) is 8.57. The summed E-state index contributed by atoms with van der Waals surface area (Å²) in [6.07, 6.45) is 2.16. The monoisotopic (exact) mass is 231 g/mol. The number of aliphatic hydroxyl groups excluding tert-OH is 1. The van der Waals surface area contributed by atoms with Crippen LogP contribution in [0.5, 0.6) is 0 Å². The van der Waals surface area contributed by atoms with Crippen LogP contribution in [0, 0.1) is 11.8 Å². The highest BCUT2D eigenvalue weighted by Gasteiger charge is 1.99. The van der Waals surface area contributed by atoms with Crippen molar-refractivity contribution in [3.8, 4) is 11.8 Å².